The molecule has 0 saturated carbocycles. The first-order valence-corrected chi connectivity index (χ1v) is 11.0. The lowest BCUT2D eigenvalue weighted by molar-refractivity contribution is -0.140. The first-order chi connectivity index (χ1) is 12.6. The number of sulfonamides is 1. The number of ether oxygens (including phenoxy) is 1. The molecule has 0 N–H and O–H groups in total. The van der Waals surface area contributed by atoms with Crippen molar-refractivity contribution in [2.75, 3.05) is 39.4 Å². The molecule has 1 aromatic rings. The Labute approximate surface area is 155 Å². The quantitative estimate of drug-likeness (QED) is 0.798. The largest absolute Gasteiger partial charge is 0.378 e. The van der Waals surface area contributed by atoms with Crippen molar-refractivity contribution in [1.29, 1.82) is 0 Å². The maximum absolute atomic E-state index is 13.0. The van der Waals surface area contributed by atoms with Crippen LogP contribution < -0.4 is 0 Å². The fourth-order valence-corrected chi connectivity index (χ4v) is 5.76. The lowest BCUT2D eigenvalue weighted by Gasteiger charge is -2.35. The molecule has 0 atom stereocenters. The van der Waals surface area contributed by atoms with Crippen molar-refractivity contribution in [2.45, 2.75) is 37.0 Å². The molecule has 3 aliphatic rings. The Balaban J connectivity index is 1.41. The summed E-state index contributed by atoms with van der Waals surface area (Å²) in [6.45, 7) is 3.31. The predicted molar refractivity (Wildman–Crippen MR) is 97.3 cm³/mol. The van der Waals surface area contributed by atoms with E-state index in [0.717, 1.165) is 19.3 Å². The molecule has 2 aliphatic heterocycles. The zero-order valence-corrected chi connectivity index (χ0v) is 15.8. The highest BCUT2D eigenvalue weighted by atomic mass is 32.2. The molecule has 1 aliphatic carbocycles. The average molecular weight is 378 g/mol. The van der Waals surface area contributed by atoms with Crippen LogP contribution in [0.3, 0.4) is 0 Å². The summed E-state index contributed by atoms with van der Waals surface area (Å²) < 4.78 is 32.8. The van der Waals surface area contributed by atoms with Crippen LogP contribution >= 0.6 is 0 Å². The highest BCUT2D eigenvalue weighted by Gasteiger charge is 2.34. The molecular weight excluding hydrogens is 352 g/mol. The molecule has 0 spiro atoms. The van der Waals surface area contributed by atoms with E-state index in [1.807, 2.05) is 17.0 Å². The molecule has 1 aromatic carbocycles. The van der Waals surface area contributed by atoms with Crippen LogP contribution in [0.25, 0.3) is 0 Å². The minimum atomic E-state index is -3.47. The van der Waals surface area contributed by atoms with Gasteiger partial charge in [0, 0.05) is 32.1 Å². The van der Waals surface area contributed by atoms with Gasteiger partial charge in [0.05, 0.1) is 18.1 Å². The third-order valence-corrected chi connectivity index (χ3v) is 7.73. The Morgan fingerprint density at radius 1 is 1.00 bits per heavy atom. The zero-order chi connectivity index (χ0) is 18.1. The number of morpholine rings is 1. The van der Waals surface area contributed by atoms with Gasteiger partial charge in [-0.3, -0.25) is 4.79 Å². The number of aryl methyl sites for hydroxylation is 2. The van der Waals surface area contributed by atoms with Crippen LogP contribution in [0, 0.1) is 5.92 Å². The number of carbonyl (C=O) groups excluding carboxylic acids is 1. The second-order valence-corrected chi connectivity index (χ2v) is 9.34. The standard InChI is InChI=1S/C19H26N2O4S/c22-19(20-10-12-25-13-11-20)16-6-8-21(9-7-16)26(23,24)18-5-4-15-2-1-3-17(15)14-18/h4-5,14,16H,1-3,6-13H2. The number of rotatable bonds is 3. The number of nitrogens with zero attached hydrogens (tertiary/aromatic N) is 2. The summed E-state index contributed by atoms with van der Waals surface area (Å²) in [4.78, 5) is 14.9. The van der Waals surface area contributed by atoms with E-state index in [2.05, 4.69) is 0 Å². The Morgan fingerprint density at radius 2 is 1.69 bits per heavy atom. The van der Waals surface area contributed by atoms with Gasteiger partial charge in [-0.05, 0) is 55.4 Å². The van der Waals surface area contributed by atoms with Gasteiger partial charge in [-0.15, -0.1) is 0 Å². The number of hydrogen-bond acceptors (Lipinski definition) is 4. The van der Waals surface area contributed by atoms with Crippen LogP contribution in [-0.2, 0) is 32.4 Å². The molecule has 2 fully saturated rings. The first kappa shape index (κ1) is 17.9. The zero-order valence-electron chi connectivity index (χ0n) is 15.0. The van der Waals surface area contributed by atoms with Crippen LogP contribution in [0.2, 0.25) is 0 Å². The van der Waals surface area contributed by atoms with Gasteiger partial charge in [0.15, 0.2) is 0 Å². The average Bonchev–Trinajstić information content (AvgIpc) is 3.16. The third-order valence-electron chi connectivity index (χ3n) is 5.83. The summed E-state index contributed by atoms with van der Waals surface area (Å²) in [7, 11) is -3.47. The summed E-state index contributed by atoms with van der Waals surface area (Å²) in [6, 6.07) is 5.55. The minimum absolute atomic E-state index is 0.0698. The van der Waals surface area contributed by atoms with Crippen molar-refractivity contribution in [2.24, 2.45) is 5.92 Å². The number of hydrogen-bond donors (Lipinski definition) is 0. The molecule has 4 rings (SSSR count). The third kappa shape index (κ3) is 3.40. The number of amides is 1. The Bertz CT molecular complexity index is 779. The SMILES string of the molecule is O=C(C1CCN(S(=O)(=O)c2ccc3c(c2)CCC3)CC1)N1CCOCC1. The maximum atomic E-state index is 13.0. The van der Waals surface area contributed by atoms with Crippen molar-refractivity contribution in [1.82, 2.24) is 9.21 Å². The van der Waals surface area contributed by atoms with Crippen LogP contribution in [0.15, 0.2) is 23.1 Å². The summed E-state index contributed by atoms with van der Waals surface area (Å²) in [5, 5.41) is 0. The fourth-order valence-electron chi connectivity index (χ4n) is 4.24. The second-order valence-electron chi connectivity index (χ2n) is 7.40. The van der Waals surface area contributed by atoms with Crippen molar-refractivity contribution in [3.63, 3.8) is 0 Å². The lowest BCUT2D eigenvalue weighted by atomic mass is 9.96. The van der Waals surface area contributed by atoms with Crippen molar-refractivity contribution in [3.8, 4) is 0 Å². The molecule has 0 aromatic heterocycles. The number of fused-ring (bicyclic) bond motifs is 1. The molecule has 2 heterocycles. The normalized spacial score (nSPS) is 22.4. The second kappa shape index (κ2) is 7.29. The predicted octanol–water partition coefficient (Wildman–Crippen LogP) is 1.43. The van der Waals surface area contributed by atoms with E-state index < -0.39 is 10.0 Å². The lowest BCUT2D eigenvalue weighted by Crippen LogP contribution is -2.47. The molecule has 1 amide bonds. The summed E-state index contributed by atoms with van der Waals surface area (Å²) >= 11 is 0. The van der Waals surface area contributed by atoms with Crippen LogP contribution in [0.5, 0.6) is 0 Å². The highest BCUT2D eigenvalue weighted by Crippen LogP contribution is 2.29. The van der Waals surface area contributed by atoms with Crippen molar-refractivity contribution < 1.29 is 17.9 Å². The highest BCUT2D eigenvalue weighted by molar-refractivity contribution is 7.89. The number of piperidine rings is 1. The van der Waals surface area contributed by atoms with E-state index in [9.17, 15) is 13.2 Å². The van der Waals surface area contributed by atoms with Gasteiger partial charge in [0.25, 0.3) is 0 Å². The van der Waals surface area contributed by atoms with E-state index in [0.29, 0.717) is 57.1 Å². The van der Waals surface area contributed by atoms with Gasteiger partial charge in [0.1, 0.15) is 0 Å². The van der Waals surface area contributed by atoms with Crippen LogP contribution in [0.1, 0.15) is 30.4 Å². The molecule has 0 radical (unpaired) electrons. The summed E-state index contributed by atoms with van der Waals surface area (Å²) in [5.41, 5.74) is 2.45. The molecular formula is C19H26N2O4S. The smallest absolute Gasteiger partial charge is 0.243 e. The molecule has 7 heteroatoms. The summed E-state index contributed by atoms with van der Waals surface area (Å²) in [5.74, 6) is 0.0856. The van der Waals surface area contributed by atoms with E-state index in [-0.39, 0.29) is 11.8 Å². The molecule has 6 nitrogen and oxygen atoms in total. The van der Waals surface area contributed by atoms with Crippen molar-refractivity contribution >= 4 is 15.9 Å². The molecule has 26 heavy (non-hydrogen) atoms. The number of carbonyl (C=O) groups is 1. The van der Waals surface area contributed by atoms with Crippen LogP contribution in [0.4, 0.5) is 0 Å². The van der Waals surface area contributed by atoms with E-state index in [4.69, 9.17) is 4.74 Å². The van der Waals surface area contributed by atoms with Gasteiger partial charge < -0.3 is 9.64 Å². The van der Waals surface area contributed by atoms with Gasteiger partial charge in [-0.2, -0.15) is 4.31 Å². The van der Waals surface area contributed by atoms with Gasteiger partial charge in [0.2, 0.25) is 15.9 Å². The van der Waals surface area contributed by atoms with E-state index in [1.54, 1.807) is 10.4 Å². The molecule has 0 bridgehead atoms. The fraction of sp³-hybridized carbons (Fsp3) is 0.632. The van der Waals surface area contributed by atoms with E-state index >= 15 is 0 Å². The monoisotopic (exact) mass is 378 g/mol. The Morgan fingerprint density at radius 3 is 2.42 bits per heavy atom. The summed E-state index contributed by atoms with van der Waals surface area (Å²) in [6.07, 6.45) is 4.31. The van der Waals surface area contributed by atoms with E-state index in [1.165, 1.54) is 11.1 Å². The number of benzene rings is 1. The molecule has 142 valence electrons. The van der Waals surface area contributed by atoms with Crippen LogP contribution in [-0.4, -0.2) is 62.9 Å². The first-order valence-electron chi connectivity index (χ1n) is 9.54. The van der Waals surface area contributed by atoms with Gasteiger partial charge >= 0.3 is 0 Å². The van der Waals surface area contributed by atoms with Gasteiger partial charge in [-0.25, -0.2) is 8.42 Å². The minimum Gasteiger partial charge on any atom is -0.378 e. The molecule has 0 unspecified atom stereocenters. The molecule has 2 saturated heterocycles. The Kier molecular flexibility index (Phi) is 5.03. The van der Waals surface area contributed by atoms with Gasteiger partial charge in [-0.1, -0.05) is 6.07 Å². The topological polar surface area (TPSA) is 66.9 Å². The van der Waals surface area contributed by atoms with Crippen molar-refractivity contribution in [3.05, 3.63) is 29.3 Å². The Hall–Kier alpha value is -1.44. The maximum Gasteiger partial charge on any atom is 0.243 e.